The van der Waals surface area contributed by atoms with Gasteiger partial charge in [0.2, 0.25) is 5.95 Å². The Morgan fingerprint density at radius 3 is 3.14 bits per heavy atom. The summed E-state index contributed by atoms with van der Waals surface area (Å²) in [7, 11) is 0. The first-order valence-electron chi connectivity index (χ1n) is 4.33. The number of thiazole rings is 1. The molecule has 74 valence electrons. The molecule has 0 saturated carbocycles. The molecule has 0 aromatic carbocycles. The van der Waals surface area contributed by atoms with Crippen LogP contribution in [0.25, 0.3) is 10.3 Å². The highest BCUT2D eigenvalue weighted by Crippen LogP contribution is 2.19. The summed E-state index contributed by atoms with van der Waals surface area (Å²) in [5, 5.41) is 3.03. The van der Waals surface area contributed by atoms with E-state index in [-0.39, 0.29) is 0 Å². The predicted molar refractivity (Wildman–Crippen MR) is 57.5 cm³/mol. The maximum atomic E-state index is 5.38. The topological polar surface area (TPSA) is 76.7 Å². The summed E-state index contributed by atoms with van der Waals surface area (Å²) in [6.07, 6.45) is 0. The number of anilines is 1. The van der Waals surface area contributed by atoms with Crippen LogP contribution < -0.4 is 11.1 Å². The summed E-state index contributed by atoms with van der Waals surface area (Å²) < 4.78 is 1.04. The van der Waals surface area contributed by atoms with Crippen molar-refractivity contribution >= 4 is 27.6 Å². The molecule has 0 spiro atoms. The van der Waals surface area contributed by atoms with Crippen molar-refractivity contribution in [2.24, 2.45) is 5.73 Å². The van der Waals surface area contributed by atoms with Gasteiger partial charge >= 0.3 is 0 Å². The quantitative estimate of drug-likeness (QED) is 0.780. The van der Waals surface area contributed by atoms with E-state index in [4.69, 9.17) is 5.73 Å². The van der Waals surface area contributed by atoms with Gasteiger partial charge in [-0.1, -0.05) is 0 Å². The Morgan fingerprint density at radius 1 is 1.50 bits per heavy atom. The molecule has 2 aromatic heterocycles. The van der Waals surface area contributed by atoms with Crippen LogP contribution in [0.15, 0.2) is 5.51 Å². The molecule has 5 nitrogen and oxygen atoms in total. The molecular formula is C8H11N5S. The highest BCUT2D eigenvalue weighted by Gasteiger charge is 2.05. The lowest BCUT2D eigenvalue weighted by Crippen LogP contribution is -2.15. The number of aryl methyl sites for hydroxylation is 1. The predicted octanol–water partition coefficient (Wildman–Crippen LogP) is 0.765. The summed E-state index contributed by atoms with van der Waals surface area (Å²) >= 11 is 1.56. The number of rotatable bonds is 3. The van der Waals surface area contributed by atoms with Crippen LogP contribution in [0.4, 0.5) is 5.95 Å². The van der Waals surface area contributed by atoms with Crippen molar-refractivity contribution in [3.63, 3.8) is 0 Å². The van der Waals surface area contributed by atoms with Crippen LogP contribution >= 0.6 is 11.3 Å². The molecule has 2 heterocycles. The molecule has 0 aliphatic heterocycles. The molecule has 2 aromatic rings. The van der Waals surface area contributed by atoms with Gasteiger partial charge in [0.25, 0.3) is 0 Å². The second-order valence-corrected chi connectivity index (χ2v) is 3.71. The van der Waals surface area contributed by atoms with E-state index in [9.17, 15) is 0 Å². The van der Waals surface area contributed by atoms with E-state index in [1.807, 2.05) is 6.92 Å². The minimum atomic E-state index is 0.567. The molecule has 2 rings (SSSR count). The van der Waals surface area contributed by atoms with E-state index in [1.165, 1.54) is 0 Å². The normalized spacial score (nSPS) is 10.7. The number of fused-ring (bicyclic) bond motifs is 1. The van der Waals surface area contributed by atoms with Gasteiger partial charge in [0, 0.05) is 13.1 Å². The van der Waals surface area contributed by atoms with Gasteiger partial charge in [-0.25, -0.2) is 9.97 Å². The van der Waals surface area contributed by atoms with Crippen molar-refractivity contribution < 1.29 is 0 Å². The fourth-order valence-corrected chi connectivity index (χ4v) is 1.84. The van der Waals surface area contributed by atoms with Crippen molar-refractivity contribution in [2.75, 3.05) is 18.4 Å². The lowest BCUT2D eigenvalue weighted by Gasteiger charge is -2.03. The van der Waals surface area contributed by atoms with Gasteiger partial charge in [0.1, 0.15) is 0 Å². The summed E-state index contributed by atoms with van der Waals surface area (Å²) in [4.78, 5) is 12.7. The van der Waals surface area contributed by atoms with Gasteiger partial charge in [-0.2, -0.15) is 4.98 Å². The Kier molecular flexibility index (Phi) is 2.55. The minimum absolute atomic E-state index is 0.567. The smallest absolute Gasteiger partial charge is 0.225 e. The number of nitrogens with one attached hydrogen (secondary N) is 1. The first-order valence-corrected chi connectivity index (χ1v) is 5.21. The molecule has 0 saturated heterocycles. The number of nitrogens with two attached hydrogens (primary N) is 1. The lowest BCUT2D eigenvalue weighted by molar-refractivity contribution is 0.988. The van der Waals surface area contributed by atoms with E-state index in [0.29, 0.717) is 19.0 Å². The van der Waals surface area contributed by atoms with E-state index in [0.717, 1.165) is 16.0 Å². The zero-order valence-electron chi connectivity index (χ0n) is 7.82. The molecule has 0 amide bonds. The largest absolute Gasteiger partial charge is 0.353 e. The summed E-state index contributed by atoms with van der Waals surface area (Å²) in [5.74, 6) is 0.603. The van der Waals surface area contributed by atoms with Crippen LogP contribution in [0, 0.1) is 6.92 Å². The zero-order chi connectivity index (χ0) is 9.97. The van der Waals surface area contributed by atoms with Crippen LogP contribution in [0.2, 0.25) is 0 Å². The van der Waals surface area contributed by atoms with Gasteiger partial charge in [-0.05, 0) is 6.92 Å². The maximum absolute atomic E-state index is 5.38. The van der Waals surface area contributed by atoms with Gasteiger partial charge in [-0.3, -0.25) is 0 Å². The van der Waals surface area contributed by atoms with Crippen LogP contribution in [-0.4, -0.2) is 28.0 Å². The Hall–Kier alpha value is -1.27. The van der Waals surface area contributed by atoms with E-state index >= 15 is 0 Å². The maximum Gasteiger partial charge on any atom is 0.225 e. The average Bonchev–Trinajstić information content (AvgIpc) is 2.63. The van der Waals surface area contributed by atoms with Crippen LogP contribution in [0.5, 0.6) is 0 Å². The Labute approximate surface area is 85.4 Å². The highest BCUT2D eigenvalue weighted by atomic mass is 32.1. The van der Waals surface area contributed by atoms with Gasteiger partial charge in [-0.15, -0.1) is 11.3 Å². The molecule has 0 unspecified atom stereocenters. The number of nitrogens with zero attached hydrogens (tertiary/aromatic N) is 3. The monoisotopic (exact) mass is 209 g/mol. The molecule has 14 heavy (non-hydrogen) atoms. The number of aromatic nitrogens is 3. The molecule has 0 atom stereocenters. The molecule has 0 fully saturated rings. The molecule has 0 aliphatic carbocycles. The number of hydrogen-bond donors (Lipinski definition) is 2. The lowest BCUT2D eigenvalue weighted by atomic mass is 10.4. The van der Waals surface area contributed by atoms with Gasteiger partial charge < -0.3 is 11.1 Å². The van der Waals surface area contributed by atoms with Crippen LogP contribution in [0.1, 0.15) is 5.69 Å². The summed E-state index contributed by atoms with van der Waals surface area (Å²) in [5.41, 5.74) is 8.86. The third-order valence-electron chi connectivity index (χ3n) is 1.79. The SMILES string of the molecule is Cc1nc(NCCN)nc2ncsc12. The van der Waals surface area contributed by atoms with E-state index < -0.39 is 0 Å². The molecule has 0 radical (unpaired) electrons. The second kappa shape index (κ2) is 3.85. The molecule has 6 heteroatoms. The minimum Gasteiger partial charge on any atom is -0.353 e. The fraction of sp³-hybridized carbons (Fsp3) is 0.375. The van der Waals surface area contributed by atoms with Gasteiger partial charge in [0.15, 0.2) is 5.65 Å². The van der Waals surface area contributed by atoms with Crippen molar-refractivity contribution in [1.82, 2.24) is 15.0 Å². The highest BCUT2D eigenvalue weighted by molar-refractivity contribution is 7.16. The van der Waals surface area contributed by atoms with E-state index in [2.05, 4.69) is 20.3 Å². The molecular weight excluding hydrogens is 198 g/mol. The standard InChI is InChI=1S/C8H11N5S/c1-5-6-7(11-4-14-6)13-8(12-5)10-3-2-9/h4H,2-3,9H2,1H3,(H,10,12,13). The third-order valence-corrected chi connectivity index (χ3v) is 2.71. The van der Waals surface area contributed by atoms with Gasteiger partial charge in [0.05, 0.1) is 15.9 Å². The fourth-order valence-electron chi connectivity index (χ4n) is 1.16. The summed E-state index contributed by atoms with van der Waals surface area (Å²) in [6, 6.07) is 0. The third kappa shape index (κ3) is 1.66. The first kappa shape index (κ1) is 9.29. The average molecular weight is 209 g/mol. The Balaban J connectivity index is 2.38. The molecule has 0 bridgehead atoms. The zero-order valence-corrected chi connectivity index (χ0v) is 8.64. The summed E-state index contributed by atoms with van der Waals surface area (Å²) in [6.45, 7) is 3.20. The van der Waals surface area contributed by atoms with Crippen LogP contribution in [0.3, 0.4) is 0 Å². The Morgan fingerprint density at radius 2 is 2.36 bits per heavy atom. The molecule has 3 N–H and O–H groups in total. The van der Waals surface area contributed by atoms with Crippen molar-refractivity contribution in [3.05, 3.63) is 11.2 Å². The Bertz CT molecular complexity index is 438. The van der Waals surface area contributed by atoms with Crippen LogP contribution in [-0.2, 0) is 0 Å². The van der Waals surface area contributed by atoms with Crippen molar-refractivity contribution in [2.45, 2.75) is 6.92 Å². The number of hydrogen-bond acceptors (Lipinski definition) is 6. The van der Waals surface area contributed by atoms with Crippen molar-refractivity contribution in [3.8, 4) is 0 Å². The van der Waals surface area contributed by atoms with Crippen molar-refractivity contribution in [1.29, 1.82) is 0 Å². The van der Waals surface area contributed by atoms with E-state index in [1.54, 1.807) is 16.8 Å². The molecule has 0 aliphatic rings. The second-order valence-electron chi connectivity index (χ2n) is 2.85. The first-order chi connectivity index (χ1) is 6.81.